The van der Waals surface area contributed by atoms with Gasteiger partial charge in [-0.2, -0.15) is 0 Å². The molecule has 4 rings (SSSR count). The Morgan fingerprint density at radius 2 is 1.62 bits per heavy atom. The quantitative estimate of drug-likeness (QED) is 0.695. The first-order chi connectivity index (χ1) is 9.85. The first-order valence-electron chi connectivity index (χ1n) is 8.03. The number of rotatable bonds is 4. The molecule has 21 heavy (non-hydrogen) atoms. The maximum Gasteiger partial charge on any atom is 0.333 e. The molecule has 4 heteroatoms. The van der Waals surface area contributed by atoms with Crippen molar-refractivity contribution in [1.29, 1.82) is 0 Å². The van der Waals surface area contributed by atoms with Crippen molar-refractivity contribution >= 4 is 5.97 Å². The van der Waals surface area contributed by atoms with Crippen LogP contribution in [0, 0.1) is 28.6 Å². The molecule has 4 nitrogen and oxygen atoms in total. The molecule has 0 amide bonds. The molecular weight excluding hydrogens is 268 g/mol. The van der Waals surface area contributed by atoms with Crippen molar-refractivity contribution in [3.8, 4) is 0 Å². The van der Waals surface area contributed by atoms with Gasteiger partial charge in [0.05, 0.1) is 18.8 Å². The summed E-state index contributed by atoms with van der Waals surface area (Å²) < 4.78 is 0. The molecule has 4 aliphatic rings. The summed E-state index contributed by atoms with van der Waals surface area (Å²) in [5, 5.41) is 28.8. The van der Waals surface area contributed by atoms with E-state index in [9.17, 15) is 20.1 Å². The number of carboxylic acid groups (broad SMARTS) is 1. The number of aliphatic hydroxyl groups excluding tert-OH is 2. The number of hydrogen-bond donors (Lipinski definition) is 3. The summed E-state index contributed by atoms with van der Waals surface area (Å²) in [5.41, 5.74) is 0.332. The smallest absolute Gasteiger partial charge is 0.333 e. The molecule has 0 spiro atoms. The lowest BCUT2D eigenvalue weighted by atomic mass is 9.38. The van der Waals surface area contributed by atoms with Crippen LogP contribution < -0.4 is 0 Å². The van der Waals surface area contributed by atoms with Crippen molar-refractivity contribution in [2.45, 2.75) is 46.0 Å². The summed E-state index contributed by atoms with van der Waals surface area (Å²) >= 11 is 0. The highest BCUT2D eigenvalue weighted by Crippen LogP contribution is 2.70. The lowest BCUT2D eigenvalue weighted by Gasteiger charge is -2.66. The van der Waals surface area contributed by atoms with Gasteiger partial charge in [-0.1, -0.05) is 13.8 Å². The lowest BCUT2D eigenvalue weighted by molar-refractivity contribution is -0.145. The zero-order chi connectivity index (χ0) is 15.4. The fraction of sp³-hybridized carbons (Fsp3) is 0.824. The summed E-state index contributed by atoms with van der Waals surface area (Å²) in [5.74, 6) is 0.878. The maximum absolute atomic E-state index is 11.5. The van der Waals surface area contributed by atoms with E-state index < -0.39 is 12.6 Å². The Morgan fingerprint density at radius 1 is 1.05 bits per heavy atom. The average Bonchev–Trinajstić information content (AvgIpc) is 2.40. The van der Waals surface area contributed by atoms with Crippen LogP contribution in [-0.4, -0.2) is 34.5 Å². The second-order valence-electron chi connectivity index (χ2n) is 7.89. The van der Waals surface area contributed by atoms with E-state index in [1.807, 2.05) is 0 Å². The fourth-order valence-electron chi connectivity index (χ4n) is 6.12. The molecular formula is C17H26O4. The van der Waals surface area contributed by atoms with Crippen LogP contribution in [0.15, 0.2) is 11.1 Å². The second kappa shape index (κ2) is 4.82. The molecule has 0 aromatic heterocycles. The molecule has 0 aromatic rings. The van der Waals surface area contributed by atoms with E-state index in [1.54, 1.807) is 0 Å². The maximum atomic E-state index is 11.5. The predicted octanol–water partition coefficient (Wildman–Crippen LogP) is 2.20. The third kappa shape index (κ3) is 1.92. The van der Waals surface area contributed by atoms with Crippen LogP contribution in [0.3, 0.4) is 0 Å². The van der Waals surface area contributed by atoms with Crippen LogP contribution in [0.1, 0.15) is 46.0 Å². The van der Waals surface area contributed by atoms with Gasteiger partial charge in [0, 0.05) is 0 Å². The third-order valence-electron chi connectivity index (χ3n) is 7.02. The molecule has 3 atom stereocenters. The van der Waals surface area contributed by atoms with Crippen LogP contribution in [0.2, 0.25) is 0 Å². The average molecular weight is 294 g/mol. The van der Waals surface area contributed by atoms with Gasteiger partial charge >= 0.3 is 5.97 Å². The molecule has 118 valence electrons. The first-order valence-corrected chi connectivity index (χ1v) is 8.03. The monoisotopic (exact) mass is 294 g/mol. The highest BCUT2D eigenvalue weighted by molar-refractivity contribution is 5.88. The highest BCUT2D eigenvalue weighted by atomic mass is 16.4. The van der Waals surface area contributed by atoms with E-state index >= 15 is 0 Å². The van der Waals surface area contributed by atoms with E-state index in [0.29, 0.717) is 11.5 Å². The van der Waals surface area contributed by atoms with Crippen LogP contribution in [0.4, 0.5) is 0 Å². The summed E-state index contributed by atoms with van der Waals surface area (Å²) in [6.45, 7) is 3.64. The topological polar surface area (TPSA) is 77.8 Å². The van der Waals surface area contributed by atoms with Gasteiger partial charge in [-0.15, -0.1) is 0 Å². The Hall–Kier alpha value is -0.870. The van der Waals surface area contributed by atoms with E-state index in [2.05, 4.69) is 13.8 Å². The SMILES string of the molecule is CC12CC3CC(CC(C3)C1(C)C(CO)=C(CO)C(=O)O)C2. The molecule has 3 unspecified atom stereocenters. The molecule has 4 fully saturated rings. The van der Waals surface area contributed by atoms with E-state index in [0.717, 1.165) is 37.5 Å². The predicted molar refractivity (Wildman–Crippen MR) is 78.6 cm³/mol. The summed E-state index contributed by atoms with van der Waals surface area (Å²) in [7, 11) is 0. The minimum Gasteiger partial charge on any atom is -0.478 e. The molecule has 0 radical (unpaired) electrons. The Balaban J connectivity index is 2.12. The lowest BCUT2D eigenvalue weighted by Crippen LogP contribution is -2.59. The standard InChI is InChI=1S/C17H26O4/c1-16-6-10-3-11(7-16)5-12(4-10)17(16,2)14(9-19)13(8-18)15(20)21/h10-12,18-19H,3-9H2,1-2H3,(H,20,21). The van der Waals surface area contributed by atoms with E-state index in [-0.39, 0.29) is 23.0 Å². The van der Waals surface area contributed by atoms with Gasteiger partial charge in [0.25, 0.3) is 0 Å². The number of carbonyl (C=O) groups is 1. The van der Waals surface area contributed by atoms with Crippen molar-refractivity contribution in [2.24, 2.45) is 28.6 Å². The van der Waals surface area contributed by atoms with Crippen molar-refractivity contribution < 1.29 is 20.1 Å². The normalized spacial score (nSPS) is 45.6. The van der Waals surface area contributed by atoms with Gasteiger partial charge < -0.3 is 15.3 Å². The minimum atomic E-state index is -1.10. The van der Waals surface area contributed by atoms with Crippen molar-refractivity contribution in [3.05, 3.63) is 11.1 Å². The molecule has 4 bridgehead atoms. The molecule has 4 aliphatic carbocycles. The van der Waals surface area contributed by atoms with Crippen molar-refractivity contribution in [1.82, 2.24) is 0 Å². The second-order valence-corrected chi connectivity index (χ2v) is 7.89. The molecule has 0 aliphatic heterocycles. The van der Waals surface area contributed by atoms with Gasteiger partial charge in [-0.3, -0.25) is 0 Å². The molecule has 0 aromatic carbocycles. The number of carboxylic acids is 1. The third-order valence-corrected chi connectivity index (χ3v) is 7.02. The largest absolute Gasteiger partial charge is 0.478 e. The molecule has 4 saturated carbocycles. The minimum absolute atomic E-state index is 0.00805. The molecule has 0 saturated heterocycles. The van der Waals surface area contributed by atoms with Crippen LogP contribution in [-0.2, 0) is 4.79 Å². The van der Waals surface area contributed by atoms with Gasteiger partial charge in [0.1, 0.15) is 0 Å². The van der Waals surface area contributed by atoms with Crippen LogP contribution in [0.5, 0.6) is 0 Å². The zero-order valence-electron chi connectivity index (χ0n) is 12.9. The Bertz CT molecular complexity index is 481. The number of hydrogen-bond acceptors (Lipinski definition) is 3. The van der Waals surface area contributed by atoms with E-state index in [4.69, 9.17) is 0 Å². The number of aliphatic carboxylic acids is 1. The van der Waals surface area contributed by atoms with Crippen LogP contribution >= 0.6 is 0 Å². The van der Waals surface area contributed by atoms with Gasteiger partial charge in [0.15, 0.2) is 0 Å². The van der Waals surface area contributed by atoms with Gasteiger partial charge in [0.2, 0.25) is 0 Å². The Morgan fingerprint density at radius 3 is 2.00 bits per heavy atom. The van der Waals surface area contributed by atoms with Gasteiger partial charge in [-0.25, -0.2) is 4.79 Å². The van der Waals surface area contributed by atoms with Crippen LogP contribution in [0.25, 0.3) is 0 Å². The first kappa shape index (κ1) is 15.0. The summed E-state index contributed by atoms with van der Waals surface area (Å²) in [4.78, 5) is 11.5. The Kier molecular flexibility index (Phi) is 3.45. The number of aliphatic hydroxyl groups is 2. The molecule has 3 N–H and O–H groups in total. The van der Waals surface area contributed by atoms with E-state index in [1.165, 1.54) is 6.42 Å². The van der Waals surface area contributed by atoms with Crippen molar-refractivity contribution in [2.75, 3.05) is 13.2 Å². The summed E-state index contributed by atoms with van der Waals surface area (Å²) in [6.07, 6.45) is 5.86. The Labute approximate surface area is 125 Å². The fourth-order valence-corrected chi connectivity index (χ4v) is 6.12. The summed E-state index contributed by atoms with van der Waals surface area (Å²) in [6, 6.07) is 0. The zero-order valence-corrected chi connectivity index (χ0v) is 12.9. The van der Waals surface area contributed by atoms with Gasteiger partial charge in [-0.05, 0) is 66.3 Å². The molecule has 0 heterocycles. The van der Waals surface area contributed by atoms with Crippen molar-refractivity contribution in [3.63, 3.8) is 0 Å². The highest BCUT2D eigenvalue weighted by Gasteiger charge is 2.62.